The van der Waals surface area contributed by atoms with E-state index in [1.54, 1.807) is 12.0 Å². The molecule has 1 atom stereocenters. The van der Waals surface area contributed by atoms with Gasteiger partial charge in [-0.15, -0.1) is 0 Å². The van der Waals surface area contributed by atoms with Crippen LogP contribution in [0.4, 0.5) is 0 Å². The summed E-state index contributed by atoms with van der Waals surface area (Å²) in [7, 11) is 1.69. The van der Waals surface area contributed by atoms with Gasteiger partial charge in [-0.25, -0.2) is 0 Å². The third-order valence-corrected chi connectivity index (χ3v) is 6.81. The van der Waals surface area contributed by atoms with Crippen LogP contribution in [0.3, 0.4) is 0 Å². The van der Waals surface area contributed by atoms with Crippen molar-refractivity contribution >= 4 is 17.5 Å². The third-order valence-electron chi connectivity index (χ3n) is 6.40. The van der Waals surface area contributed by atoms with Gasteiger partial charge >= 0.3 is 0 Å². The van der Waals surface area contributed by atoms with Crippen LogP contribution < -0.4 is 10.9 Å². The van der Waals surface area contributed by atoms with Crippen molar-refractivity contribution in [1.82, 2.24) is 15.2 Å². The summed E-state index contributed by atoms with van der Waals surface area (Å²) in [6.07, 6.45) is 0.575. The zero-order valence-electron chi connectivity index (χ0n) is 17.9. The smallest absolute Gasteiger partial charge is 0.255 e. The molecular formula is C23H28ClN3O3. The zero-order valence-corrected chi connectivity index (χ0v) is 18.7. The first-order valence-electron chi connectivity index (χ1n) is 10.4. The van der Waals surface area contributed by atoms with Crippen molar-refractivity contribution in [2.75, 3.05) is 26.7 Å². The van der Waals surface area contributed by atoms with Crippen LogP contribution in [0.2, 0.25) is 5.02 Å². The molecule has 0 radical (unpaired) electrons. The van der Waals surface area contributed by atoms with Gasteiger partial charge in [0.2, 0.25) is 0 Å². The molecule has 1 unspecified atom stereocenters. The number of ether oxygens (including phenoxy) is 1. The lowest BCUT2D eigenvalue weighted by Crippen LogP contribution is -2.46. The van der Waals surface area contributed by atoms with Crippen LogP contribution in [0.5, 0.6) is 0 Å². The Balaban J connectivity index is 1.71. The average molecular weight is 430 g/mol. The molecular weight excluding hydrogens is 402 g/mol. The molecule has 160 valence electrons. The molecule has 7 heteroatoms. The Morgan fingerprint density at radius 1 is 1.20 bits per heavy atom. The van der Waals surface area contributed by atoms with Crippen LogP contribution in [0.1, 0.15) is 50.0 Å². The summed E-state index contributed by atoms with van der Waals surface area (Å²) in [4.78, 5) is 30.5. The predicted octanol–water partition coefficient (Wildman–Crippen LogP) is 3.06. The van der Waals surface area contributed by atoms with E-state index in [0.717, 1.165) is 47.5 Å². The summed E-state index contributed by atoms with van der Waals surface area (Å²) in [5.74, 6) is 0.223. The molecule has 3 heterocycles. The maximum Gasteiger partial charge on any atom is 0.255 e. The van der Waals surface area contributed by atoms with Crippen molar-refractivity contribution in [2.24, 2.45) is 5.92 Å². The lowest BCUT2D eigenvalue weighted by atomic mass is 9.85. The largest absolute Gasteiger partial charge is 0.376 e. The number of rotatable bonds is 5. The van der Waals surface area contributed by atoms with Gasteiger partial charge in [0.25, 0.3) is 11.5 Å². The van der Waals surface area contributed by atoms with Crippen molar-refractivity contribution in [3.63, 3.8) is 0 Å². The molecule has 30 heavy (non-hydrogen) atoms. The maximum atomic E-state index is 13.5. The second-order valence-corrected chi connectivity index (χ2v) is 8.82. The van der Waals surface area contributed by atoms with Crippen LogP contribution in [0.25, 0.3) is 0 Å². The molecule has 4 rings (SSSR count). The molecule has 1 amide bonds. The number of carbonyl (C=O) groups is 1. The van der Waals surface area contributed by atoms with Crippen LogP contribution >= 0.6 is 11.6 Å². The monoisotopic (exact) mass is 429 g/mol. The van der Waals surface area contributed by atoms with Crippen LogP contribution in [0.15, 0.2) is 16.9 Å². The van der Waals surface area contributed by atoms with Crippen molar-refractivity contribution in [3.05, 3.63) is 66.6 Å². The molecule has 6 nitrogen and oxygen atoms in total. The normalized spacial score (nSPS) is 17.6. The van der Waals surface area contributed by atoms with E-state index in [4.69, 9.17) is 16.3 Å². The molecule has 2 N–H and O–H groups in total. The van der Waals surface area contributed by atoms with E-state index in [-0.39, 0.29) is 24.1 Å². The topological polar surface area (TPSA) is 74.4 Å². The first-order valence-corrected chi connectivity index (χ1v) is 10.7. The minimum Gasteiger partial charge on any atom is -0.376 e. The fraction of sp³-hybridized carbons (Fsp3) is 0.478. The van der Waals surface area contributed by atoms with Gasteiger partial charge in [-0.3, -0.25) is 9.59 Å². The number of nitrogens with one attached hydrogen (secondary N) is 2. The molecule has 0 saturated carbocycles. The van der Waals surface area contributed by atoms with E-state index in [1.807, 2.05) is 26.8 Å². The molecule has 0 bridgehead atoms. The van der Waals surface area contributed by atoms with E-state index in [9.17, 15) is 9.59 Å². The number of benzene rings is 1. The fourth-order valence-electron chi connectivity index (χ4n) is 4.63. The number of aryl methyl sites for hydroxylation is 3. The number of nitrogens with zero attached hydrogens (tertiary/aromatic N) is 1. The summed E-state index contributed by atoms with van der Waals surface area (Å²) in [5, 5.41) is 3.75. The number of aromatic amines is 1. The molecule has 1 aromatic heterocycles. The second kappa shape index (κ2) is 8.17. The Bertz CT molecular complexity index is 1060. The summed E-state index contributed by atoms with van der Waals surface area (Å²) in [5.41, 5.74) is 5.70. The number of methoxy groups -OCH3 is 1. The Labute approximate surface area is 181 Å². The molecule has 1 saturated heterocycles. The highest BCUT2D eigenvalue weighted by molar-refractivity contribution is 6.35. The molecule has 1 aromatic carbocycles. The van der Waals surface area contributed by atoms with Gasteiger partial charge in [-0.2, -0.15) is 0 Å². The highest BCUT2D eigenvalue weighted by Crippen LogP contribution is 2.39. The van der Waals surface area contributed by atoms with Gasteiger partial charge < -0.3 is 19.9 Å². The number of fused-ring (bicyclic) bond motifs is 1. The van der Waals surface area contributed by atoms with Gasteiger partial charge in [0.15, 0.2) is 0 Å². The number of hydrogen-bond donors (Lipinski definition) is 2. The fourth-order valence-corrected chi connectivity index (χ4v) is 4.99. The average Bonchev–Trinajstić information content (AvgIpc) is 2.65. The molecule has 2 aliphatic rings. The molecule has 0 aliphatic carbocycles. The predicted molar refractivity (Wildman–Crippen MR) is 117 cm³/mol. The standard InChI is InChI=1S/C23H28ClN3O3/c1-12-7-14(3)26-22(28)18(12)11-27-6-5-16-13(2)8-17(20(24)19(16)23(27)29)21(30-4)15-9-25-10-15/h7-8,15,21,25H,5-6,9-11H2,1-4H3,(H,26,28). The number of carbonyl (C=O) groups excluding carboxylic acids is 1. The zero-order chi connectivity index (χ0) is 21.6. The minimum atomic E-state index is -0.145. The van der Waals surface area contributed by atoms with Crippen molar-refractivity contribution < 1.29 is 9.53 Å². The van der Waals surface area contributed by atoms with E-state index in [1.165, 1.54) is 0 Å². The first-order chi connectivity index (χ1) is 14.3. The van der Waals surface area contributed by atoms with Gasteiger partial charge in [-0.1, -0.05) is 17.7 Å². The molecule has 2 aromatic rings. The number of halogens is 1. The summed E-state index contributed by atoms with van der Waals surface area (Å²) in [6.45, 7) is 8.39. The Morgan fingerprint density at radius 2 is 1.93 bits per heavy atom. The third kappa shape index (κ3) is 3.57. The maximum absolute atomic E-state index is 13.5. The summed E-state index contributed by atoms with van der Waals surface area (Å²) >= 11 is 6.83. The number of pyridine rings is 1. The Hall–Kier alpha value is -2.15. The van der Waals surface area contributed by atoms with Crippen molar-refractivity contribution in [1.29, 1.82) is 0 Å². The lowest BCUT2D eigenvalue weighted by molar-refractivity contribution is 0.0291. The van der Waals surface area contributed by atoms with Crippen LogP contribution in [-0.2, 0) is 17.7 Å². The van der Waals surface area contributed by atoms with E-state index >= 15 is 0 Å². The van der Waals surface area contributed by atoms with E-state index in [2.05, 4.69) is 16.4 Å². The van der Waals surface area contributed by atoms with Crippen molar-refractivity contribution in [3.8, 4) is 0 Å². The van der Waals surface area contributed by atoms with Gasteiger partial charge in [0.1, 0.15) is 0 Å². The second-order valence-electron chi connectivity index (χ2n) is 8.44. The molecule has 2 aliphatic heterocycles. The summed E-state index contributed by atoms with van der Waals surface area (Å²) < 4.78 is 5.77. The number of H-pyrrole nitrogens is 1. The number of hydrogen-bond acceptors (Lipinski definition) is 4. The molecule has 0 spiro atoms. The highest BCUT2D eigenvalue weighted by Gasteiger charge is 2.35. The van der Waals surface area contributed by atoms with Gasteiger partial charge in [-0.05, 0) is 49.9 Å². The van der Waals surface area contributed by atoms with E-state index < -0.39 is 0 Å². The van der Waals surface area contributed by atoms with Gasteiger partial charge in [0.05, 0.1) is 23.2 Å². The van der Waals surface area contributed by atoms with E-state index in [0.29, 0.717) is 28.6 Å². The Kier molecular flexibility index (Phi) is 5.75. The number of aromatic nitrogens is 1. The summed E-state index contributed by atoms with van der Waals surface area (Å²) in [6, 6.07) is 4.01. The first kappa shape index (κ1) is 21.1. The van der Waals surface area contributed by atoms with Crippen LogP contribution in [0, 0.1) is 26.7 Å². The van der Waals surface area contributed by atoms with Gasteiger partial charge in [0, 0.05) is 49.5 Å². The van der Waals surface area contributed by atoms with Crippen molar-refractivity contribution in [2.45, 2.75) is 39.8 Å². The SMILES string of the molecule is COC(c1cc(C)c2c(c1Cl)C(=O)N(Cc1c(C)cc(C)[nH]c1=O)CC2)C1CNC1. The quantitative estimate of drug-likeness (QED) is 0.766. The lowest BCUT2D eigenvalue weighted by Gasteiger charge is -2.36. The minimum absolute atomic E-state index is 0.118. The Morgan fingerprint density at radius 3 is 2.53 bits per heavy atom. The highest BCUT2D eigenvalue weighted by atomic mass is 35.5. The number of amides is 1. The van der Waals surface area contributed by atoms with Crippen LogP contribution in [-0.4, -0.2) is 42.5 Å². The molecule has 1 fully saturated rings.